The van der Waals surface area contributed by atoms with Gasteiger partial charge in [0.1, 0.15) is 23.9 Å². The monoisotopic (exact) mass is 544 g/mol. The number of nitrogens with one attached hydrogen (secondary N) is 3. The largest absolute Gasteiger partial charge is 0.508 e. The average molecular weight is 545 g/mol. The van der Waals surface area contributed by atoms with Crippen molar-refractivity contribution >= 4 is 36.3 Å². The summed E-state index contributed by atoms with van der Waals surface area (Å²) in [5, 5.41) is 27.1. The molecule has 206 valence electrons. The predicted molar refractivity (Wildman–Crippen MR) is 147 cm³/mol. The number of hydrogen-bond acceptors (Lipinski definition) is 7. The van der Waals surface area contributed by atoms with Gasteiger partial charge >= 0.3 is 5.97 Å². The first-order valence-corrected chi connectivity index (χ1v) is 13.0. The van der Waals surface area contributed by atoms with E-state index >= 15 is 0 Å². The zero-order valence-corrected chi connectivity index (χ0v) is 22.4. The lowest BCUT2D eigenvalue weighted by Gasteiger charge is -2.28. The van der Waals surface area contributed by atoms with Crippen molar-refractivity contribution in [3.8, 4) is 5.75 Å². The molecule has 2 rings (SSSR count). The molecule has 0 spiro atoms. The van der Waals surface area contributed by atoms with Crippen molar-refractivity contribution in [2.24, 2.45) is 11.7 Å². The summed E-state index contributed by atoms with van der Waals surface area (Å²) < 4.78 is 0. The molecular weight excluding hydrogens is 508 g/mol. The van der Waals surface area contributed by atoms with E-state index in [0.29, 0.717) is 12.0 Å². The number of phenols is 1. The Morgan fingerprint density at radius 1 is 0.842 bits per heavy atom. The van der Waals surface area contributed by atoms with E-state index in [0.717, 1.165) is 5.56 Å². The second kappa shape index (κ2) is 15.0. The predicted octanol–water partition coefficient (Wildman–Crippen LogP) is 1.02. The Kier molecular flexibility index (Phi) is 12.1. The topological polar surface area (TPSA) is 171 Å². The molecule has 0 radical (unpaired) electrons. The van der Waals surface area contributed by atoms with E-state index < -0.39 is 47.9 Å². The number of benzene rings is 2. The Bertz CT molecular complexity index is 1080. The number of carbonyl (C=O) groups is 4. The number of nitrogens with two attached hydrogens (primary N) is 1. The van der Waals surface area contributed by atoms with Crippen molar-refractivity contribution in [1.82, 2.24) is 16.0 Å². The lowest BCUT2D eigenvalue weighted by molar-refractivity contribution is -0.142. The fourth-order valence-corrected chi connectivity index (χ4v) is 3.87. The van der Waals surface area contributed by atoms with Gasteiger partial charge in [0.2, 0.25) is 17.7 Å². The normalized spacial score (nSPS) is 14.8. The summed E-state index contributed by atoms with van der Waals surface area (Å²) in [6, 6.07) is 10.8. The van der Waals surface area contributed by atoms with Crippen molar-refractivity contribution in [3.63, 3.8) is 0 Å². The minimum atomic E-state index is -1.26. The number of phenolic OH excluding ortho intramolecular Hbond substituents is 1. The summed E-state index contributed by atoms with van der Waals surface area (Å²) in [6.07, 6.45) is 0.663. The highest BCUT2D eigenvalue weighted by atomic mass is 32.1. The average Bonchev–Trinajstić information content (AvgIpc) is 2.91. The van der Waals surface area contributed by atoms with Crippen molar-refractivity contribution in [2.75, 3.05) is 5.75 Å². The minimum Gasteiger partial charge on any atom is -0.508 e. The molecule has 7 N–H and O–H groups in total. The van der Waals surface area contributed by atoms with Gasteiger partial charge in [-0.25, -0.2) is 4.79 Å². The molecule has 5 unspecified atom stereocenters. The molecule has 10 nitrogen and oxygen atoms in total. The lowest BCUT2D eigenvalue weighted by Crippen LogP contribution is -2.59. The maximum atomic E-state index is 13.4. The molecule has 2 aromatic carbocycles. The van der Waals surface area contributed by atoms with Crippen LogP contribution in [0.1, 0.15) is 31.4 Å². The highest BCUT2D eigenvalue weighted by Gasteiger charge is 2.33. The molecule has 0 aliphatic heterocycles. The van der Waals surface area contributed by atoms with Crippen molar-refractivity contribution in [2.45, 2.75) is 57.3 Å². The molecule has 0 aliphatic rings. The van der Waals surface area contributed by atoms with Crippen LogP contribution < -0.4 is 21.7 Å². The molecular formula is C27H36N4O6S. The van der Waals surface area contributed by atoms with Crippen LogP contribution in [-0.4, -0.2) is 63.8 Å². The summed E-state index contributed by atoms with van der Waals surface area (Å²) in [4.78, 5) is 51.0. The third-order valence-corrected chi connectivity index (χ3v) is 6.63. The van der Waals surface area contributed by atoms with Gasteiger partial charge < -0.3 is 31.9 Å². The lowest BCUT2D eigenvalue weighted by atomic mass is 9.96. The number of rotatable bonds is 14. The number of aliphatic carboxylic acids is 1. The molecule has 3 amide bonds. The fourth-order valence-electron chi connectivity index (χ4n) is 3.71. The number of carbonyl (C=O) groups excluding carboxylic acids is 3. The van der Waals surface area contributed by atoms with Crippen LogP contribution in [0.25, 0.3) is 0 Å². The summed E-state index contributed by atoms with van der Waals surface area (Å²) in [7, 11) is 0. The SMILES string of the molecule is CCC(C)C(NC(=O)C(Cc1ccccc1)NC(=O)C(N)CS)C(=O)NC(Cc1ccc(O)cc1)C(=O)O. The molecule has 0 aromatic heterocycles. The Balaban J connectivity index is 2.22. The second-order valence-corrected chi connectivity index (χ2v) is 9.55. The molecule has 11 heteroatoms. The van der Waals surface area contributed by atoms with Gasteiger partial charge in [0.05, 0.1) is 6.04 Å². The molecule has 0 aliphatic carbocycles. The number of carboxylic acids is 1. The van der Waals surface area contributed by atoms with E-state index in [1.54, 1.807) is 31.2 Å². The molecule has 0 saturated carbocycles. The van der Waals surface area contributed by atoms with E-state index in [4.69, 9.17) is 5.73 Å². The van der Waals surface area contributed by atoms with E-state index in [2.05, 4.69) is 28.6 Å². The minimum absolute atomic E-state index is 0.0170. The van der Waals surface area contributed by atoms with Crippen LogP contribution in [-0.2, 0) is 32.0 Å². The Hall–Kier alpha value is -3.57. The number of carboxylic acid groups (broad SMARTS) is 1. The molecule has 38 heavy (non-hydrogen) atoms. The third kappa shape index (κ3) is 9.38. The van der Waals surface area contributed by atoms with E-state index in [1.165, 1.54) is 12.1 Å². The standard InChI is InChI=1S/C27H36N4O6S/c1-3-16(2)23(26(35)30-22(27(36)37)14-18-9-11-19(32)12-10-18)31-25(34)21(29-24(33)20(28)15-38)13-17-7-5-4-6-8-17/h4-12,16,20-23,32,38H,3,13-15,28H2,1-2H3,(H,29,33)(H,30,35)(H,31,34)(H,36,37). The summed E-state index contributed by atoms with van der Waals surface area (Å²) in [5.74, 6) is -3.26. The molecule has 0 heterocycles. The highest BCUT2D eigenvalue weighted by Crippen LogP contribution is 2.14. The van der Waals surface area contributed by atoms with Gasteiger partial charge in [-0.15, -0.1) is 0 Å². The second-order valence-electron chi connectivity index (χ2n) is 9.18. The molecule has 0 saturated heterocycles. The highest BCUT2D eigenvalue weighted by molar-refractivity contribution is 7.80. The first-order chi connectivity index (χ1) is 18.0. The van der Waals surface area contributed by atoms with E-state index in [9.17, 15) is 29.4 Å². The Labute approximate surface area is 227 Å². The van der Waals surface area contributed by atoms with Gasteiger partial charge in [0.25, 0.3) is 0 Å². The van der Waals surface area contributed by atoms with Crippen LogP contribution in [0.2, 0.25) is 0 Å². The van der Waals surface area contributed by atoms with Gasteiger partial charge in [-0.2, -0.15) is 12.6 Å². The maximum absolute atomic E-state index is 13.4. The van der Waals surface area contributed by atoms with E-state index in [-0.39, 0.29) is 30.3 Å². The van der Waals surface area contributed by atoms with Crippen LogP contribution in [0.3, 0.4) is 0 Å². The van der Waals surface area contributed by atoms with Crippen LogP contribution in [0.15, 0.2) is 54.6 Å². The first-order valence-electron chi connectivity index (χ1n) is 12.4. The number of aromatic hydroxyl groups is 1. The van der Waals surface area contributed by atoms with Crippen LogP contribution in [0, 0.1) is 5.92 Å². The molecule has 5 atom stereocenters. The van der Waals surface area contributed by atoms with Gasteiger partial charge in [-0.1, -0.05) is 62.7 Å². The van der Waals surface area contributed by atoms with Crippen molar-refractivity contribution in [1.29, 1.82) is 0 Å². The summed E-state index contributed by atoms with van der Waals surface area (Å²) >= 11 is 4.04. The smallest absolute Gasteiger partial charge is 0.326 e. The summed E-state index contributed by atoms with van der Waals surface area (Å²) in [5.41, 5.74) is 7.17. The number of thiol groups is 1. The van der Waals surface area contributed by atoms with Crippen molar-refractivity contribution < 1.29 is 29.4 Å². The van der Waals surface area contributed by atoms with Crippen LogP contribution >= 0.6 is 12.6 Å². The molecule has 2 aromatic rings. The third-order valence-electron chi connectivity index (χ3n) is 6.23. The van der Waals surface area contributed by atoms with Gasteiger partial charge in [0.15, 0.2) is 0 Å². The fraction of sp³-hybridized carbons (Fsp3) is 0.407. The van der Waals surface area contributed by atoms with E-state index in [1.807, 2.05) is 25.1 Å². The van der Waals surface area contributed by atoms with Gasteiger partial charge in [-0.05, 0) is 29.2 Å². The Morgan fingerprint density at radius 2 is 1.39 bits per heavy atom. The van der Waals surface area contributed by atoms with Gasteiger partial charge in [0, 0.05) is 18.6 Å². The van der Waals surface area contributed by atoms with Crippen molar-refractivity contribution in [3.05, 3.63) is 65.7 Å². The first kappa shape index (κ1) is 30.7. The molecule has 0 bridgehead atoms. The van der Waals surface area contributed by atoms with Crippen LogP contribution in [0.5, 0.6) is 5.75 Å². The maximum Gasteiger partial charge on any atom is 0.326 e. The zero-order chi connectivity index (χ0) is 28.2. The van der Waals surface area contributed by atoms with Gasteiger partial charge in [-0.3, -0.25) is 14.4 Å². The quantitative estimate of drug-likeness (QED) is 0.174. The Morgan fingerprint density at radius 3 is 1.95 bits per heavy atom. The van der Waals surface area contributed by atoms with Crippen LogP contribution in [0.4, 0.5) is 0 Å². The summed E-state index contributed by atoms with van der Waals surface area (Å²) in [6.45, 7) is 3.61. The zero-order valence-electron chi connectivity index (χ0n) is 21.5. The number of hydrogen-bond donors (Lipinski definition) is 7. The molecule has 0 fully saturated rings. The number of amides is 3.